The lowest BCUT2D eigenvalue weighted by molar-refractivity contribution is 0.209. The second-order valence-electron chi connectivity index (χ2n) is 6.46. The molecular formula is C21H20FN5O2. The first-order valence-corrected chi connectivity index (χ1v) is 8.90. The van der Waals surface area contributed by atoms with Crippen LogP contribution in [0.5, 0.6) is 0 Å². The third-order valence-electron chi connectivity index (χ3n) is 4.68. The molecule has 0 spiro atoms. The minimum Gasteiger partial charge on any atom is -0.480 e. The van der Waals surface area contributed by atoms with Crippen LogP contribution < -0.4 is 0 Å². The van der Waals surface area contributed by atoms with Crippen LogP contribution in [0.1, 0.15) is 40.8 Å². The van der Waals surface area contributed by atoms with Crippen LogP contribution in [0.15, 0.2) is 46.2 Å². The van der Waals surface area contributed by atoms with Gasteiger partial charge < -0.3 is 9.47 Å². The molecule has 0 aliphatic heterocycles. The van der Waals surface area contributed by atoms with Gasteiger partial charge in [-0.3, -0.25) is 4.99 Å². The van der Waals surface area contributed by atoms with Gasteiger partial charge in [0.1, 0.15) is 24.3 Å². The summed E-state index contributed by atoms with van der Waals surface area (Å²) >= 11 is 0. The van der Waals surface area contributed by atoms with E-state index in [0.717, 1.165) is 17.5 Å². The van der Waals surface area contributed by atoms with Gasteiger partial charge in [-0.25, -0.2) is 9.38 Å². The third kappa shape index (κ3) is 4.52. The molecule has 1 heterocycles. The van der Waals surface area contributed by atoms with E-state index < -0.39 is 0 Å². The largest absolute Gasteiger partial charge is 0.480 e. The Morgan fingerprint density at radius 3 is 2.69 bits per heavy atom. The van der Waals surface area contributed by atoms with Gasteiger partial charge in [-0.05, 0) is 54.3 Å². The van der Waals surface area contributed by atoms with Gasteiger partial charge in [0, 0.05) is 13.3 Å². The molecule has 0 radical (unpaired) electrons. The lowest BCUT2D eigenvalue weighted by Crippen LogP contribution is -2.04. The highest BCUT2D eigenvalue weighted by molar-refractivity contribution is 6.09. The van der Waals surface area contributed by atoms with Crippen molar-refractivity contribution < 1.29 is 13.9 Å². The zero-order valence-electron chi connectivity index (χ0n) is 16.2. The van der Waals surface area contributed by atoms with Crippen molar-refractivity contribution in [2.24, 2.45) is 9.98 Å². The number of aliphatic imine (C=N–C) groups is 2. The molecule has 1 fully saturated rings. The number of hydrogen-bond donors (Lipinski definition) is 0. The minimum atomic E-state index is -0.273. The average Bonchev–Trinajstić information content (AvgIpc) is 3.54. The molecule has 1 aliphatic rings. The maximum atomic E-state index is 13.2. The quantitative estimate of drug-likeness (QED) is 0.506. The number of nitrogens with zero attached hydrogens (tertiary/aromatic N) is 5. The summed E-state index contributed by atoms with van der Waals surface area (Å²) in [5.41, 5.74) is 3.03. The Kier molecular flexibility index (Phi) is 6.42. The molecule has 1 aliphatic carbocycles. The molecule has 0 bridgehead atoms. The maximum Gasteiger partial charge on any atom is 0.223 e. The highest BCUT2D eigenvalue weighted by Gasteiger charge is 2.41. The van der Waals surface area contributed by atoms with E-state index in [1.807, 2.05) is 0 Å². The fourth-order valence-corrected chi connectivity index (χ4v) is 3.22. The third-order valence-corrected chi connectivity index (χ3v) is 4.68. The number of allylic oxidation sites excluding steroid dienone is 1. The monoisotopic (exact) mass is 393 g/mol. The first kappa shape index (κ1) is 20.3. The van der Waals surface area contributed by atoms with E-state index in [2.05, 4.69) is 33.0 Å². The molecule has 0 N–H and O–H groups in total. The SMILES string of the molecule is C=N/C(OC)=C(\C=N/COC)c1cc(C2CC2c2ccc(F)cc2)c(C#N)nn1. The molecule has 8 heteroatoms. The van der Waals surface area contributed by atoms with Crippen molar-refractivity contribution in [1.29, 1.82) is 5.26 Å². The summed E-state index contributed by atoms with van der Waals surface area (Å²) in [5, 5.41) is 17.7. The van der Waals surface area contributed by atoms with Crippen LogP contribution >= 0.6 is 0 Å². The molecule has 1 saturated carbocycles. The zero-order valence-corrected chi connectivity index (χ0v) is 16.2. The van der Waals surface area contributed by atoms with Crippen molar-refractivity contribution in [2.45, 2.75) is 18.3 Å². The van der Waals surface area contributed by atoms with E-state index in [4.69, 9.17) is 9.47 Å². The number of halogens is 1. The van der Waals surface area contributed by atoms with E-state index in [1.165, 1.54) is 32.6 Å². The smallest absolute Gasteiger partial charge is 0.223 e. The topological polar surface area (TPSA) is 92.8 Å². The van der Waals surface area contributed by atoms with Crippen molar-refractivity contribution in [3.05, 3.63) is 64.5 Å². The molecule has 2 aromatic rings. The number of hydrogen-bond acceptors (Lipinski definition) is 7. The number of aromatic nitrogens is 2. The summed E-state index contributed by atoms with van der Waals surface area (Å²) in [7, 11) is 3.00. The standard InChI is InChI=1S/C21H20FN5O2/c1-24-21(29-3)18(11-25-12-28-2)19-9-17(20(10-23)27-26-19)16-8-15(16)13-4-6-14(22)7-5-13/h4-7,9,11,15-16H,1,8,12H2,2-3H3/b21-18-,25-11-. The van der Waals surface area contributed by atoms with E-state index in [1.54, 1.807) is 18.2 Å². The predicted molar refractivity (Wildman–Crippen MR) is 107 cm³/mol. The minimum absolute atomic E-state index is 0.101. The normalized spacial score (nSPS) is 18.8. The lowest BCUT2D eigenvalue weighted by Gasteiger charge is -2.09. The number of nitriles is 1. The van der Waals surface area contributed by atoms with Crippen LogP contribution in [-0.4, -0.2) is 44.1 Å². The summed E-state index contributed by atoms with van der Waals surface area (Å²) in [5.74, 6) is 0.268. The maximum absolute atomic E-state index is 13.2. The zero-order chi connectivity index (χ0) is 20.8. The first-order chi connectivity index (χ1) is 14.1. The van der Waals surface area contributed by atoms with Crippen LogP contribution in [-0.2, 0) is 9.47 Å². The molecule has 29 heavy (non-hydrogen) atoms. The van der Waals surface area contributed by atoms with Crippen LogP contribution in [0.2, 0.25) is 0 Å². The van der Waals surface area contributed by atoms with Crippen molar-refractivity contribution in [3.8, 4) is 6.07 Å². The molecule has 0 amide bonds. The van der Waals surface area contributed by atoms with E-state index in [9.17, 15) is 9.65 Å². The Bertz CT molecular complexity index is 995. The molecular weight excluding hydrogens is 373 g/mol. The fraction of sp³-hybridized carbons (Fsp3) is 0.286. The molecule has 148 valence electrons. The van der Waals surface area contributed by atoms with Crippen LogP contribution in [0.25, 0.3) is 5.57 Å². The number of ether oxygens (including phenoxy) is 2. The van der Waals surface area contributed by atoms with E-state index >= 15 is 0 Å². The fourth-order valence-electron chi connectivity index (χ4n) is 3.22. The van der Waals surface area contributed by atoms with Crippen molar-refractivity contribution >= 4 is 18.5 Å². The number of benzene rings is 1. The summed E-state index contributed by atoms with van der Waals surface area (Å²) in [6.07, 6.45) is 2.38. The van der Waals surface area contributed by atoms with Gasteiger partial charge in [0.2, 0.25) is 5.88 Å². The Labute approximate surface area is 168 Å². The highest BCUT2D eigenvalue weighted by atomic mass is 19.1. The average molecular weight is 393 g/mol. The van der Waals surface area contributed by atoms with Gasteiger partial charge in [0.15, 0.2) is 5.69 Å². The Morgan fingerprint density at radius 2 is 2.07 bits per heavy atom. The first-order valence-electron chi connectivity index (χ1n) is 8.90. The van der Waals surface area contributed by atoms with Gasteiger partial charge in [-0.2, -0.15) is 5.26 Å². The van der Waals surface area contributed by atoms with Gasteiger partial charge in [-0.15, -0.1) is 10.2 Å². The molecule has 1 aromatic carbocycles. The highest BCUT2D eigenvalue weighted by Crippen LogP contribution is 2.55. The van der Waals surface area contributed by atoms with Crippen LogP contribution in [0.4, 0.5) is 4.39 Å². The van der Waals surface area contributed by atoms with Gasteiger partial charge >= 0.3 is 0 Å². The summed E-state index contributed by atoms with van der Waals surface area (Å²) < 4.78 is 23.4. The van der Waals surface area contributed by atoms with Crippen LogP contribution in [0.3, 0.4) is 0 Å². The molecule has 0 saturated heterocycles. The lowest BCUT2D eigenvalue weighted by atomic mass is 10.0. The van der Waals surface area contributed by atoms with E-state index in [0.29, 0.717) is 11.3 Å². The summed E-state index contributed by atoms with van der Waals surface area (Å²) in [4.78, 5) is 8.02. The summed E-state index contributed by atoms with van der Waals surface area (Å²) in [6.45, 7) is 3.67. The number of rotatable bonds is 8. The Balaban J connectivity index is 1.98. The molecule has 1 aromatic heterocycles. The van der Waals surface area contributed by atoms with E-state index in [-0.39, 0.29) is 36.0 Å². The predicted octanol–water partition coefficient (Wildman–Crippen LogP) is 3.45. The second-order valence-corrected chi connectivity index (χ2v) is 6.46. The van der Waals surface area contributed by atoms with Crippen molar-refractivity contribution in [1.82, 2.24) is 10.2 Å². The van der Waals surface area contributed by atoms with Crippen LogP contribution in [0, 0.1) is 17.1 Å². The van der Waals surface area contributed by atoms with Crippen molar-refractivity contribution in [3.63, 3.8) is 0 Å². The van der Waals surface area contributed by atoms with Gasteiger partial charge in [0.05, 0.1) is 12.7 Å². The molecule has 2 unspecified atom stereocenters. The molecule has 2 atom stereocenters. The second kappa shape index (κ2) is 9.17. The van der Waals surface area contributed by atoms with Gasteiger partial charge in [0.25, 0.3) is 0 Å². The molecule has 7 nitrogen and oxygen atoms in total. The Hall–Kier alpha value is -3.44. The van der Waals surface area contributed by atoms with Gasteiger partial charge in [-0.1, -0.05) is 12.1 Å². The Morgan fingerprint density at radius 1 is 1.31 bits per heavy atom. The summed E-state index contributed by atoms with van der Waals surface area (Å²) in [6, 6.07) is 10.3. The van der Waals surface area contributed by atoms with Crippen molar-refractivity contribution in [2.75, 3.05) is 21.0 Å². The number of methoxy groups -OCH3 is 2. The molecule has 3 rings (SSSR count).